The van der Waals surface area contributed by atoms with Gasteiger partial charge in [0.25, 0.3) is 0 Å². The molecule has 17 heavy (non-hydrogen) atoms. The molecule has 0 aromatic heterocycles. The Balaban J connectivity index is 2.26. The Morgan fingerprint density at radius 2 is 1.76 bits per heavy atom. The van der Waals surface area contributed by atoms with Gasteiger partial charge in [0.2, 0.25) is 0 Å². The van der Waals surface area contributed by atoms with Crippen LogP contribution in [0.1, 0.15) is 5.56 Å². The van der Waals surface area contributed by atoms with E-state index in [4.69, 9.17) is 23.2 Å². The summed E-state index contributed by atoms with van der Waals surface area (Å²) in [6, 6.07) is 13.4. The third-order valence-corrected chi connectivity index (χ3v) is 3.88. The maximum atomic E-state index is 5.92. The Labute approximate surface area is 124 Å². The second-order valence-corrected chi connectivity index (χ2v) is 5.35. The molecule has 0 aliphatic carbocycles. The minimum atomic E-state index is 0.518. The van der Waals surface area contributed by atoms with Gasteiger partial charge in [-0.25, -0.2) is 0 Å². The summed E-state index contributed by atoms with van der Waals surface area (Å²) in [7, 11) is 0. The molecule has 0 unspecified atom stereocenters. The molecular weight excluding hydrogens is 368 g/mol. The van der Waals surface area contributed by atoms with E-state index in [0.717, 1.165) is 14.8 Å². The predicted octanol–water partition coefficient (Wildman–Crippen LogP) is 5.35. The van der Waals surface area contributed by atoms with Gasteiger partial charge in [-0.15, -0.1) is 0 Å². The van der Waals surface area contributed by atoms with Crippen LogP contribution in [0.15, 0.2) is 47.5 Å². The number of hydrogen-bond acceptors (Lipinski definition) is 1. The van der Waals surface area contributed by atoms with Crippen molar-refractivity contribution in [1.82, 2.24) is 0 Å². The van der Waals surface area contributed by atoms with E-state index in [2.05, 4.69) is 27.6 Å². The van der Waals surface area contributed by atoms with Gasteiger partial charge >= 0.3 is 0 Å². The zero-order chi connectivity index (χ0) is 12.3. The van der Waals surface area contributed by atoms with Gasteiger partial charge in [0.15, 0.2) is 0 Å². The monoisotopic (exact) mass is 375 g/mol. The van der Waals surface area contributed by atoms with Crippen molar-refractivity contribution >= 4 is 57.7 Å². The quantitative estimate of drug-likeness (QED) is 0.495. The van der Waals surface area contributed by atoms with Crippen molar-refractivity contribution in [2.24, 2.45) is 4.99 Å². The summed E-state index contributed by atoms with van der Waals surface area (Å²) in [5, 5.41) is 1.06. The lowest BCUT2D eigenvalue weighted by atomic mass is 10.2. The highest BCUT2D eigenvalue weighted by atomic mass is 127. The second-order valence-electron chi connectivity index (χ2n) is 3.38. The van der Waals surface area contributed by atoms with Crippen LogP contribution in [0.2, 0.25) is 10.0 Å². The van der Waals surface area contributed by atoms with Crippen LogP contribution >= 0.6 is 45.8 Å². The molecule has 0 aliphatic heterocycles. The molecule has 0 atom stereocenters. The van der Waals surface area contributed by atoms with E-state index in [0.29, 0.717) is 10.0 Å². The average molecular weight is 376 g/mol. The summed E-state index contributed by atoms with van der Waals surface area (Å²) in [5.74, 6) is 0. The summed E-state index contributed by atoms with van der Waals surface area (Å²) in [6.07, 6.45) is 1.82. The molecule has 0 saturated carbocycles. The molecule has 0 fully saturated rings. The summed E-state index contributed by atoms with van der Waals surface area (Å²) >= 11 is 14.0. The average Bonchev–Trinajstić information content (AvgIpc) is 2.32. The molecule has 2 rings (SSSR count). The maximum Gasteiger partial charge on any atom is 0.0645 e. The largest absolute Gasteiger partial charge is 0.256 e. The van der Waals surface area contributed by atoms with Gasteiger partial charge in [-0.05, 0) is 46.9 Å². The van der Waals surface area contributed by atoms with E-state index in [1.807, 2.05) is 36.5 Å². The van der Waals surface area contributed by atoms with E-state index < -0.39 is 0 Å². The minimum Gasteiger partial charge on any atom is -0.256 e. The van der Waals surface area contributed by atoms with E-state index in [9.17, 15) is 0 Å². The number of hydrogen-bond donors (Lipinski definition) is 0. The third-order valence-electron chi connectivity index (χ3n) is 2.16. The number of halogens is 3. The summed E-state index contributed by atoms with van der Waals surface area (Å²) in [6.45, 7) is 0. The second kappa shape index (κ2) is 5.85. The van der Waals surface area contributed by atoms with Crippen molar-refractivity contribution in [2.45, 2.75) is 0 Å². The van der Waals surface area contributed by atoms with Crippen molar-refractivity contribution in [3.63, 3.8) is 0 Å². The molecule has 0 saturated heterocycles. The topological polar surface area (TPSA) is 12.4 Å². The van der Waals surface area contributed by atoms with Crippen LogP contribution in [0.3, 0.4) is 0 Å². The van der Waals surface area contributed by atoms with Gasteiger partial charge < -0.3 is 0 Å². The molecule has 0 aliphatic rings. The fourth-order valence-electron chi connectivity index (χ4n) is 1.29. The van der Waals surface area contributed by atoms with Crippen molar-refractivity contribution in [2.75, 3.05) is 0 Å². The number of nitrogens with zero attached hydrogens (tertiary/aromatic N) is 1. The summed E-state index contributed by atoms with van der Waals surface area (Å²) < 4.78 is 1.16. The highest BCUT2D eigenvalue weighted by molar-refractivity contribution is 14.1. The van der Waals surface area contributed by atoms with Gasteiger partial charge in [-0.3, -0.25) is 4.99 Å². The normalized spacial score (nSPS) is 11.0. The first kappa shape index (κ1) is 12.9. The molecule has 4 heteroatoms. The molecule has 0 amide bonds. The van der Waals surface area contributed by atoms with Crippen LogP contribution in [0, 0.1) is 3.57 Å². The zero-order valence-corrected chi connectivity index (χ0v) is 12.4. The van der Waals surface area contributed by atoms with Crippen molar-refractivity contribution in [3.05, 3.63) is 61.6 Å². The van der Waals surface area contributed by atoms with Gasteiger partial charge in [0.05, 0.1) is 15.7 Å². The lowest BCUT2D eigenvalue weighted by molar-refractivity contribution is 1.51. The number of benzene rings is 2. The SMILES string of the molecule is Clc1ccc(N=Cc2ccccc2I)cc1Cl. The highest BCUT2D eigenvalue weighted by Gasteiger charge is 1.98. The molecule has 2 aromatic carbocycles. The molecular formula is C13H8Cl2IN. The van der Waals surface area contributed by atoms with Crippen LogP contribution in [-0.2, 0) is 0 Å². The number of rotatable bonds is 2. The van der Waals surface area contributed by atoms with Gasteiger partial charge in [0, 0.05) is 15.3 Å². The Morgan fingerprint density at radius 1 is 1.00 bits per heavy atom. The molecule has 0 bridgehead atoms. The lowest BCUT2D eigenvalue weighted by Gasteiger charge is -1.99. The molecule has 86 valence electrons. The highest BCUT2D eigenvalue weighted by Crippen LogP contribution is 2.26. The first-order chi connectivity index (χ1) is 8.16. The van der Waals surface area contributed by atoms with Crippen molar-refractivity contribution in [3.8, 4) is 0 Å². The third kappa shape index (κ3) is 3.44. The molecule has 0 spiro atoms. The van der Waals surface area contributed by atoms with Gasteiger partial charge in [0.1, 0.15) is 0 Å². The van der Waals surface area contributed by atoms with Crippen LogP contribution in [-0.4, -0.2) is 6.21 Å². The van der Waals surface area contributed by atoms with E-state index in [1.165, 1.54) is 0 Å². The first-order valence-corrected chi connectivity index (χ1v) is 6.74. The van der Waals surface area contributed by atoms with Crippen LogP contribution in [0.25, 0.3) is 0 Å². The minimum absolute atomic E-state index is 0.518. The summed E-state index contributed by atoms with van der Waals surface area (Å²) in [5.41, 5.74) is 1.87. The van der Waals surface area contributed by atoms with Crippen LogP contribution in [0.5, 0.6) is 0 Å². The standard InChI is InChI=1S/C13H8Cl2IN/c14-11-6-5-10(7-12(11)15)17-8-9-3-1-2-4-13(9)16/h1-8H. The molecule has 0 heterocycles. The molecule has 2 aromatic rings. The van der Waals surface area contributed by atoms with Crippen molar-refractivity contribution in [1.29, 1.82) is 0 Å². The lowest BCUT2D eigenvalue weighted by Crippen LogP contribution is -1.84. The smallest absolute Gasteiger partial charge is 0.0645 e. The predicted molar refractivity (Wildman–Crippen MR) is 82.9 cm³/mol. The van der Waals surface area contributed by atoms with E-state index in [-0.39, 0.29) is 0 Å². The van der Waals surface area contributed by atoms with Crippen LogP contribution < -0.4 is 0 Å². The van der Waals surface area contributed by atoms with Gasteiger partial charge in [-0.1, -0.05) is 41.4 Å². The Bertz CT molecular complexity index is 567. The first-order valence-electron chi connectivity index (χ1n) is 4.90. The Hall–Kier alpha value is -0.580. The van der Waals surface area contributed by atoms with E-state index >= 15 is 0 Å². The Morgan fingerprint density at radius 3 is 2.47 bits per heavy atom. The maximum absolute atomic E-state index is 5.92. The number of aliphatic imine (C=N–C) groups is 1. The van der Waals surface area contributed by atoms with Crippen LogP contribution in [0.4, 0.5) is 5.69 Å². The Kier molecular flexibility index (Phi) is 4.42. The zero-order valence-electron chi connectivity index (χ0n) is 8.70. The molecule has 0 radical (unpaired) electrons. The summed E-state index contributed by atoms with van der Waals surface area (Å²) in [4.78, 5) is 4.37. The van der Waals surface area contributed by atoms with Crippen molar-refractivity contribution < 1.29 is 0 Å². The van der Waals surface area contributed by atoms with E-state index in [1.54, 1.807) is 12.1 Å². The fraction of sp³-hybridized carbons (Fsp3) is 0. The van der Waals surface area contributed by atoms with Gasteiger partial charge in [-0.2, -0.15) is 0 Å². The molecule has 1 nitrogen and oxygen atoms in total. The fourth-order valence-corrected chi connectivity index (χ4v) is 2.11. The molecule has 0 N–H and O–H groups in total.